The summed E-state index contributed by atoms with van der Waals surface area (Å²) in [6, 6.07) is 2.74. The van der Waals surface area contributed by atoms with Gasteiger partial charge in [0.2, 0.25) is 0 Å². The Morgan fingerprint density at radius 1 is 1.21 bits per heavy atom. The smallest absolute Gasteiger partial charge is 0.132 e. The minimum Gasteiger partial charge on any atom is -0.353 e. The highest BCUT2D eigenvalue weighted by Gasteiger charge is 2.22. The highest BCUT2D eigenvalue weighted by atomic mass is 15.2. The van der Waals surface area contributed by atoms with Crippen LogP contribution in [-0.2, 0) is 0 Å². The summed E-state index contributed by atoms with van der Waals surface area (Å²) in [4.78, 5) is 11.5. The van der Waals surface area contributed by atoms with Crippen molar-refractivity contribution in [1.29, 1.82) is 0 Å². The Morgan fingerprint density at radius 2 is 1.95 bits per heavy atom. The van der Waals surface area contributed by atoms with Gasteiger partial charge >= 0.3 is 0 Å². The molecule has 0 unspecified atom stereocenters. The van der Waals surface area contributed by atoms with Crippen molar-refractivity contribution in [1.82, 2.24) is 9.97 Å². The maximum absolute atomic E-state index is 5.68. The van der Waals surface area contributed by atoms with Crippen LogP contribution in [0, 0.1) is 13.8 Å². The van der Waals surface area contributed by atoms with Gasteiger partial charge in [-0.15, -0.1) is 0 Å². The van der Waals surface area contributed by atoms with Crippen LogP contribution in [0.3, 0.4) is 0 Å². The first-order valence-electron chi connectivity index (χ1n) is 7.49. The molecule has 2 rings (SSSR count). The van der Waals surface area contributed by atoms with Gasteiger partial charge in [-0.1, -0.05) is 19.3 Å². The molecule has 0 radical (unpaired) electrons. The fourth-order valence-corrected chi connectivity index (χ4v) is 2.98. The average molecular weight is 262 g/mol. The van der Waals surface area contributed by atoms with Crippen LogP contribution < -0.4 is 10.6 Å². The number of aryl methyl sites for hydroxylation is 2. The Labute approximate surface area is 116 Å². The third kappa shape index (κ3) is 3.90. The molecule has 1 aliphatic carbocycles. The second kappa shape index (κ2) is 6.85. The first-order valence-corrected chi connectivity index (χ1v) is 7.49. The molecule has 0 spiro atoms. The first kappa shape index (κ1) is 14.3. The van der Waals surface area contributed by atoms with E-state index in [9.17, 15) is 0 Å². The third-order valence-corrected chi connectivity index (χ3v) is 3.87. The van der Waals surface area contributed by atoms with E-state index in [2.05, 4.69) is 20.9 Å². The van der Waals surface area contributed by atoms with Gasteiger partial charge < -0.3 is 10.6 Å². The van der Waals surface area contributed by atoms with Crippen LogP contribution in [0.25, 0.3) is 0 Å². The van der Waals surface area contributed by atoms with E-state index in [1.807, 2.05) is 13.8 Å². The minimum absolute atomic E-state index is 0.633. The number of aromatic nitrogens is 2. The predicted molar refractivity (Wildman–Crippen MR) is 79.4 cm³/mol. The van der Waals surface area contributed by atoms with Crippen molar-refractivity contribution < 1.29 is 0 Å². The molecule has 1 aliphatic rings. The Kier molecular flexibility index (Phi) is 5.14. The van der Waals surface area contributed by atoms with Crippen molar-refractivity contribution in [3.63, 3.8) is 0 Å². The average Bonchev–Trinajstić information content (AvgIpc) is 2.39. The predicted octanol–water partition coefficient (Wildman–Crippen LogP) is 2.58. The van der Waals surface area contributed by atoms with Crippen LogP contribution in [0.15, 0.2) is 6.07 Å². The summed E-state index contributed by atoms with van der Waals surface area (Å²) in [5.74, 6) is 1.95. The van der Waals surface area contributed by atoms with Gasteiger partial charge in [-0.25, -0.2) is 9.97 Å². The van der Waals surface area contributed by atoms with E-state index < -0.39 is 0 Å². The lowest BCUT2D eigenvalue weighted by Crippen LogP contribution is -2.39. The van der Waals surface area contributed by atoms with Gasteiger partial charge in [-0.2, -0.15) is 0 Å². The van der Waals surface area contributed by atoms with E-state index >= 15 is 0 Å². The number of rotatable bonds is 5. The maximum atomic E-state index is 5.68. The number of nitrogens with zero attached hydrogens (tertiary/aromatic N) is 3. The largest absolute Gasteiger partial charge is 0.353 e. The van der Waals surface area contributed by atoms with E-state index in [4.69, 9.17) is 5.73 Å². The summed E-state index contributed by atoms with van der Waals surface area (Å²) < 4.78 is 0. The molecule has 1 heterocycles. The quantitative estimate of drug-likeness (QED) is 0.886. The zero-order valence-corrected chi connectivity index (χ0v) is 12.2. The van der Waals surface area contributed by atoms with Crippen molar-refractivity contribution in [3.8, 4) is 0 Å². The SMILES string of the molecule is Cc1cc(N(CCCN)C2CCCCC2)nc(C)n1. The van der Waals surface area contributed by atoms with Crippen molar-refractivity contribution in [2.45, 2.75) is 58.4 Å². The molecule has 0 aromatic carbocycles. The summed E-state index contributed by atoms with van der Waals surface area (Å²) >= 11 is 0. The summed E-state index contributed by atoms with van der Waals surface area (Å²) in [5.41, 5.74) is 6.74. The molecule has 1 aromatic rings. The van der Waals surface area contributed by atoms with Gasteiger partial charge in [0.1, 0.15) is 11.6 Å². The van der Waals surface area contributed by atoms with Gasteiger partial charge in [0.25, 0.3) is 0 Å². The van der Waals surface area contributed by atoms with E-state index in [-0.39, 0.29) is 0 Å². The first-order chi connectivity index (χ1) is 9.20. The molecule has 4 heteroatoms. The van der Waals surface area contributed by atoms with Crippen LogP contribution in [0.4, 0.5) is 5.82 Å². The molecule has 1 saturated carbocycles. The molecule has 0 bridgehead atoms. The third-order valence-electron chi connectivity index (χ3n) is 3.87. The molecule has 1 fully saturated rings. The lowest BCUT2D eigenvalue weighted by Gasteiger charge is -2.35. The Hall–Kier alpha value is -1.16. The van der Waals surface area contributed by atoms with Crippen LogP contribution in [0.2, 0.25) is 0 Å². The minimum atomic E-state index is 0.633. The van der Waals surface area contributed by atoms with E-state index in [1.165, 1.54) is 32.1 Å². The molecule has 0 aliphatic heterocycles. The zero-order valence-electron chi connectivity index (χ0n) is 12.2. The van der Waals surface area contributed by atoms with Crippen molar-refractivity contribution in [2.24, 2.45) is 5.73 Å². The lowest BCUT2D eigenvalue weighted by molar-refractivity contribution is 0.411. The van der Waals surface area contributed by atoms with Gasteiger partial charge in [0.05, 0.1) is 0 Å². The molecular formula is C15H26N4. The second-order valence-corrected chi connectivity index (χ2v) is 5.54. The Bertz CT molecular complexity index is 379. The van der Waals surface area contributed by atoms with Crippen molar-refractivity contribution >= 4 is 5.82 Å². The lowest BCUT2D eigenvalue weighted by atomic mass is 9.94. The zero-order chi connectivity index (χ0) is 13.7. The normalized spacial score (nSPS) is 16.6. The van der Waals surface area contributed by atoms with Gasteiger partial charge in [0, 0.05) is 24.3 Å². The number of hydrogen-bond acceptors (Lipinski definition) is 4. The topological polar surface area (TPSA) is 55.0 Å². The maximum Gasteiger partial charge on any atom is 0.132 e. The fraction of sp³-hybridized carbons (Fsp3) is 0.733. The van der Waals surface area contributed by atoms with Crippen LogP contribution in [0.1, 0.15) is 50.0 Å². The summed E-state index contributed by atoms with van der Waals surface area (Å²) in [6.07, 6.45) is 7.65. The molecule has 19 heavy (non-hydrogen) atoms. The number of nitrogens with two attached hydrogens (primary N) is 1. The van der Waals surface area contributed by atoms with Gasteiger partial charge in [-0.3, -0.25) is 0 Å². The molecule has 0 atom stereocenters. The summed E-state index contributed by atoms with van der Waals surface area (Å²) in [6.45, 7) is 5.77. The van der Waals surface area contributed by atoms with Crippen molar-refractivity contribution in [2.75, 3.05) is 18.0 Å². The molecular weight excluding hydrogens is 236 g/mol. The van der Waals surface area contributed by atoms with Crippen LogP contribution in [-0.4, -0.2) is 29.1 Å². The van der Waals surface area contributed by atoms with E-state index in [1.54, 1.807) is 0 Å². The Balaban J connectivity index is 2.19. The highest BCUT2D eigenvalue weighted by Crippen LogP contribution is 2.26. The molecule has 0 amide bonds. The van der Waals surface area contributed by atoms with E-state index in [0.29, 0.717) is 6.04 Å². The summed E-state index contributed by atoms with van der Waals surface area (Å²) in [5, 5.41) is 0. The standard InChI is InChI=1S/C15H26N4/c1-12-11-15(18-13(2)17-12)19(10-6-9-16)14-7-4-3-5-8-14/h11,14H,3-10,16H2,1-2H3. The molecule has 2 N–H and O–H groups in total. The van der Waals surface area contributed by atoms with Crippen LogP contribution >= 0.6 is 0 Å². The molecule has 1 aromatic heterocycles. The monoisotopic (exact) mass is 262 g/mol. The number of anilines is 1. The second-order valence-electron chi connectivity index (χ2n) is 5.54. The highest BCUT2D eigenvalue weighted by molar-refractivity contribution is 5.41. The molecule has 0 saturated heterocycles. The molecule has 106 valence electrons. The van der Waals surface area contributed by atoms with E-state index in [0.717, 1.165) is 36.8 Å². The van der Waals surface area contributed by atoms with Gasteiger partial charge in [0.15, 0.2) is 0 Å². The van der Waals surface area contributed by atoms with Gasteiger partial charge in [-0.05, 0) is 39.7 Å². The number of hydrogen-bond donors (Lipinski definition) is 1. The Morgan fingerprint density at radius 3 is 2.58 bits per heavy atom. The molecule has 4 nitrogen and oxygen atoms in total. The van der Waals surface area contributed by atoms with Crippen LogP contribution in [0.5, 0.6) is 0 Å². The summed E-state index contributed by atoms with van der Waals surface area (Å²) in [7, 11) is 0. The fourth-order valence-electron chi connectivity index (χ4n) is 2.98. The van der Waals surface area contributed by atoms with Crippen molar-refractivity contribution in [3.05, 3.63) is 17.6 Å².